The zero-order valence-corrected chi connectivity index (χ0v) is 18.3. The highest BCUT2D eigenvalue weighted by Gasteiger charge is 2.19. The van der Waals surface area contributed by atoms with Crippen LogP contribution in [0.4, 0.5) is 4.39 Å². The van der Waals surface area contributed by atoms with E-state index in [1.54, 1.807) is 13.8 Å². The summed E-state index contributed by atoms with van der Waals surface area (Å²) in [6, 6.07) is 8.06. The van der Waals surface area contributed by atoms with E-state index in [1.807, 2.05) is 6.92 Å². The van der Waals surface area contributed by atoms with Crippen LogP contribution in [0.2, 0.25) is 0 Å². The fourth-order valence-corrected chi connectivity index (χ4v) is 2.79. The second kappa shape index (κ2) is 12.3. The molecule has 2 amide bonds. The molecule has 0 aliphatic rings. The molecule has 9 heteroatoms. The third kappa shape index (κ3) is 6.97. The molecule has 0 aliphatic carbocycles. The number of carbonyl (C=O) groups is 3. The maximum Gasteiger partial charge on any atom is 0.269 e. The van der Waals surface area contributed by atoms with E-state index < -0.39 is 17.6 Å². The number of hydrazine groups is 1. The fraction of sp³-hybridized carbons (Fsp3) is 0.348. The Bertz CT molecular complexity index is 919. The van der Waals surface area contributed by atoms with Crippen LogP contribution in [0.25, 0.3) is 0 Å². The number of hydrogen-bond acceptors (Lipinski definition) is 6. The first-order chi connectivity index (χ1) is 15.4. The molecule has 2 N–H and O–H groups in total. The van der Waals surface area contributed by atoms with E-state index in [9.17, 15) is 18.8 Å². The number of amides is 2. The Kier molecular flexibility index (Phi) is 9.46. The number of hydrogen-bond donors (Lipinski definition) is 2. The standard InChI is InChI=1S/C23H27FN2O6/c1-4-30-19-13-16(14-20(31-5-2)22(19)32-6-3)23(29)26-25-21(28)12-11-18(27)15-7-9-17(24)10-8-15/h7-10,13-14H,4-6,11-12H2,1-3H3,(H,25,28)(H,26,29). The first-order valence-electron chi connectivity index (χ1n) is 10.3. The molecule has 2 aromatic rings. The number of Topliss-reactive ketones (excluding diaryl/α,β-unsaturated/α-hetero) is 1. The Morgan fingerprint density at radius 3 is 1.88 bits per heavy atom. The van der Waals surface area contributed by atoms with Gasteiger partial charge in [0.1, 0.15) is 5.82 Å². The second-order valence-corrected chi connectivity index (χ2v) is 6.53. The summed E-state index contributed by atoms with van der Waals surface area (Å²) in [6.07, 6.45) is -0.229. The van der Waals surface area contributed by atoms with E-state index in [4.69, 9.17) is 14.2 Å². The predicted molar refractivity (Wildman–Crippen MR) is 116 cm³/mol. The summed E-state index contributed by atoms with van der Waals surface area (Å²) in [5.74, 6) is -0.792. The van der Waals surface area contributed by atoms with Crippen LogP contribution in [-0.4, -0.2) is 37.4 Å². The lowest BCUT2D eigenvalue weighted by molar-refractivity contribution is -0.121. The molecule has 0 saturated heterocycles. The Balaban J connectivity index is 1.99. The minimum atomic E-state index is -0.590. The zero-order chi connectivity index (χ0) is 23.5. The molecule has 0 bridgehead atoms. The predicted octanol–water partition coefficient (Wildman–Crippen LogP) is 3.45. The van der Waals surface area contributed by atoms with Gasteiger partial charge in [0.05, 0.1) is 19.8 Å². The monoisotopic (exact) mass is 446 g/mol. The topological polar surface area (TPSA) is 103 Å². The molecular weight excluding hydrogens is 419 g/mol. The fourth-order valence-electron chi connectivity index (χ4n) is 2.79. The number of nitrogens with one attached hydrogen (secondary N) is 2. The quantitative estimate of drug-likeness (QED) is 0.405. The van der Waals surface area contributed by atoms with Gasteiger partial charge in [0.25, 0.3) is 5.91 Å². The SMILES string of the molecule is CCOc1cc(C(=O)NNC(=O)CCC(=O)c2ccc(F)cc2)cc(OCC)c1OCC. The lowest BCUT2D eigenvalue weighted by atomic mass is 10.1. The van der Waals surface area contributed by atoms with Crippen molar-refractivity contribution in [3.8, 4) is 17.2 Å². The van der Waals surface area contributed by atoms with Crippen molar-refractivity contribution in [1.82, 2.24) is 10.9 Å². The molecule has 2 aromatic carbocycles. The molecular formula is C23H27FN2O6. The third-order valence-corrected chi connectivity index (χ3v) is 4.23. The highest BCUT2D eigenvalue weighted by molar-refractivity contribution is 5.99. The van der Waals surface area contributed by atoms with Crippen molar-refractivity contribution in [2.75, 3.05) is 19.8 Å². The maximum atomic E-state index is 12.9. The van der Waals surface area contributed by atoms with E-state index in [2.05, 4.69) is 10.9 Å². The molecule has 0 atom stereocenters. The van der Waals surface area contributed by atoms with Gasteiger partial charge in [0.2, 0.25) is 11.7 Å². The van der Waals surface area contributed by atoms with Crippen molar-refractivity contribution in [1.29, 1.82) is 0 Å². The highest BCUT2D eigenvalue weighted by Crippen LogP contribution is 2.39. The van der Waals surface area contributed by atoms with Crippen molar-refractivity contribution in [2.24, 2.45) is 0 Å². The molecule has 0 radical (unpaired) electrons. The molecule has 0 aliphatic heterocycles. The molecule has 0 heterocycles. The van der Waals surface area contributed by atoms with Gasteiger partial charge < -0.3 is 14.2 Å². The minimum Gasteiger partial charge on any atom is -0.490 e. The Morgan fingerprint density at radius 1 is 0.781 bits per heavy atom. The van der Waals surface area contributed by atoms with Gasteiger partial charge >= 0.3 is 0 Å². The molecule has 0 aromatic heterocycles. The van der Waals surface area contributed by atoms with Crippen molar-refractivity contribution >= 4 is 17.6 Å². The Hall–Kier alpha value is -3.62. The number of ether oxygens (including phenoxy) is 3. The molecule has 2 rings (SSSR count). The lowest BCUT2D eigenvalue weighted by Gasteiger charge is -2.17. The van der Waals surface area contributed by atoms with Gasteiger partial charge in [-0.1, -0.05) is 0 Å². The zero-order valence-electron chi connectivity index (χ0n) is 18.3. The number of carbonyl (C=O) groups excluding carboxylic acids is 3. The minimum absolute atomic E-state index is 0.0840. The number of benzene rings is 2. The van der Waals surface area contributed by atoms with Gasteiger partial charge in [0, 0.05) is 24.0 Å². The molecule has 0 spiro atoms. The summed E-state index contributed by atoms with van der Waals surface area (Å²) in [5, 5.41) is 0. The van der Waals surface area contributed by atoms with Crippen molar-refractivity contribution in [3.63, 3.8) is 0 Å². The van der Waals surface area contributed by atoms with Crippen molar-refractivity contribution in [3.05, 3.63) is 53.3 Å². The van der Waals surface area contributed by atoms with Gasteiger partial charge in [-0.05, 0) is 57.2 Å². The average molecular weight is 446 g/mol. The largest absolute Gasteiger partial charge is 0.490 e. The maximum absolute atomic E-state index is 12.9. The summed E-state index contributed by atoms with van der Waals surface area (Å²) in [7, 11) is 0. The molecule has 0 unspecified atom stereocenters. The smallest absolute Gasteiger partial charge is 0.269 e. The lowest BCUT2D eigenvalue weighted by Crippen LogP contribution is -2.41. The van der Waals surface area contributed by atoms with E-state index in [1.165, 1.54) is 36.4 Å². The van der Waals surface area contributed by atoms with Crippen LogP contribution in [0.3, 0.4) is 0 Å². The normalized spacial score (nSPS) is 10.2. The first-order valence-corrected chi connectivity index (χ1v) is 10.3. The van der Waals surface area contributed by atoms with Crippen molar-refractivity contribution < 1.29 is 33.0 Å². The summed E-state index contributed by atoms with van der Waals surface area (Å²) in [4.78, 5) is 36.7. The highest BCUT2D eigenvalue weighted by atomic mass is 19.1. The van der Waals surface area contributed by atoms with Gasteiger partial charge in [-0.15, -0.1) is 0 Å². The van der Waals surface area contributed by atoms with E-state index in [-0.39, 0.29) is 24.2 Å². The Labute approximate surface area is 186 Å². The molecule has 0 saturated carbocycles. The summed E-state index contributed by atoms with van der Waals surface area (Å²) in [6.45, 7) is 6.53. The summed E-state index contributed by atoms with van der Waals surface area (Å²) in [5.41, 5.74) is 5.09. The number of halogens is 1. The Morgan fingerprint density at radius 2 is 1.34 bits per heavy atom. The van der Waals surface area contributed by atoms with E-state index in [0.29, 0.717) is 42.6 Å². The van der Waals surface area contributed by atoms with Gasteiger partial charge in [-0.25, -0.2) is 4.39 Å². The van der Waals surface area contributed by atoms with Crippen LogP contribution in [-0.2, 0) is 4.79 Å². The third-order valence-electron chi connectivity index (χ3n) is 4.23. The van der Waals surface area contributed by atoms with Crippen LogP contribution < -0.4 is 25.1 Å². The summed E-state index contributed by atoms with van der Waals surface area (Å²) < 4.78 is 29.7. The summed E-state index contributed by atoms with van der Waals surface area (Å²) >= 11 is 0. The number of rotatable bonds is 11. The molecule has 172 valence electrons. The molecule has 8 nitrogen and oxygen atoms in total. The van der Waals surface area contributed by atoms with Gasteiger partial charge in [-0.2, -0.15) is 0 Å². The number of ketones is 1. The van der Waals surface area contributed by atoms with E-state index in [0.717, 1.165) is 0 Å². The van der Waals surface area contributed by atoms with E-state index >= 15 is 0 Å². The van der Waals surface area contributed by atoms with Crippen LogP contribution in [0.15, 0.2) is 36.4 Å². The average Bonchev–Trinajstić information content (AvgIpc) is 2.78. The van der Waals surface area contributed by atoms with Crippen LogP contribution in [0.1, 0.15) is 54.3 Å². The van der Waals surface area contributed by atoms with Crippen molar-refractivity contribution in [2.45, 2.75) is 33.6 Å². The van der Waals surface area contributed by atoms with Crippen LogP contribution in [0.5, 0.6) is 17.2 Å². The molecule has 32 heavy (non-hydrogen) atoms. The van der Waals surface area contributed by atoms with Gasteiger partial charge in [0.15, 0.2) is 17.3 Å². The second-order valence-electron chi connectivity index (χ2n) is 6.53. The van der Waals surface area contributed by atoms with Crippen LogP contribution in [0, 0.1) is 5.82 Å². The van der Waals surface area contributed by atoms with Gasteiger partial charge in [-0.3, -0.25) is 25.2 Å². The first kappa shape index (κ1) is 24.6. The molecule has 0 fully saturated rings. The van der Waals surface area contributed by atoms with Crippen LogP contribution >= 0.6 is 0 Å².